The lowest BCUT2D eigenvalue weighted by Gasteiger charge is -2.28. The van der Waals surface area contributed by atoms with Gasteiger partial charge in [-0.25, -0.2) is 4.98 Å². The van der Waals surface area contributed by atoms with E-state index < -0.39 is 0 Å². The third-order valence-electron chi connectivity index (χ3n) is 6.45. The molecule has 1 unspecified atom stereocenters. The van der Waals surface area contributed by atoms with Gasteiger partial charge in [-0.05, 0) is 48.4 Å². The molecule has 5 rings (SSSR count). The summed E-state index contributed by atoms with van der Waals surface area (Å²) in [5.74, 6) is 0.584. The monoisotopic (exact) mass is 440 g/mol. The number of aromatic amines is 2. The Morgan fingerprint density at radius 2 is 1.79 bits per heavy atom. The molecular weight excluding hydrogens is 412 g/mol. The summed E-state index contributed by atoms with van der Waals surface area (Å²) in [4.78, 5) is 37.6. The first kappa shape index (κ1) is 21.2. The number of para-hydroxylation sites is 2. The number of nitrogens with one attached hydrogen (secondary N) is 3. The van der Waals surface area contributed by atoms with E-state index in [1.807, 2.05) is 61.5 Å². The Morgan fingerprint density at radius 3 is 2.55 bits per heavy atom. The molecule has 33 heavy (non-hydrogen) atoms. The van der Waals surface area contributed by atoms with Crippen molar-refractivity contribution in [2.24, 2.45) is 5.41 Å². The number of H-pyrrole nitrogens is 2. The van der Waals surface area contributed by atoms with Gasteiger partial charge in [0.05, 0.1) is 17.1 Å². The zero-order chi connectivity index (χ0) is 23.2. The molecule has 0 saturated carbocycles. The molecule has 1 aliphatic carbocycles. The molecular formula is C27H28N4O2. The van der Waals surface area contributed by atoms with Crippen molar-refractivity contribution in [3.8, 4) is 0 Å². The minimum Gasteiger partial charge on any atom is -0.354 e. The molecule has 0 aliphatic heterocycles. The number of Topliss-reactive ketones (excluding diaryl/α,β-unsaturated/α-hetero) is 1. The molecule has 3 N–H and O–H groups in total. The Labute approximate surface area is 192 Å². The Hall–Kier alpha value is -3.67. The van der Waals surface area contributed by atoms with Crippen LogP contribution in [-0.2, 0) is 12.8 Å². The Kier molecular flexibility index (Phi) is 5.16. The van der Waals surface area contributed by atoms with Crippen LogP contribution < -0.4 is 5.32 Å². The summed E-state index contributed by atoms with van der Waals surface area (Å²) in [5, 5.41) is 3.17. The summed E-state index contributed by atoms with van der Waals surface area (Å²) in [6.45, 7) is 6.02. The van der Waals surface area contributed by atoms with Gasteiger partial charge in [-0.3, -0.25) is 9.59 Å². The fourth-order valence-corrected chi connectivity index (χ4v) is 4.89. The summed E-state index contributed by atoms with van der Waals surface area (Å²) >= 11 is 0. The molecule has 0 radical (unpaired) electrons. The van der Waals surface area contributed by atoms with Crippen molar-refractivity contribution in [3.63, 3.8) is 0 Å². The number of carbonyl (C=O) groups is 2. The van der Waals surface area contributed by atoms with Gasteiger partial charge in [-0.1, -0.05) is 56.3 Å². The average molecular weight is 441 g/mol. The highest BCUT2D eigenvalue weighted by molar-refractivity contribution is 6.04. The fraction of sp³-hybridized carbons (Fsp3) is 0.296. The van der Waals surface area contributed by atoms with Gasteiger partial charge in [0.15, 0.2) is 5.78 Å². The third-order valence-corrected chi connectivity index (χ3v) is 6.45. The van der Waals surface area contributed by atoms with Crippen LogP contribution in [0.5, 0.6) is 0 Å². The molecule has 0 fully saturated rings. The largest absolute Gasteiger partial charge is 0.354 e. The lowest BCUT2D eigenvalue weighted by molar-refractivity contribution is 0.0908. The van der Waals surface area contributed by atoms with E-state index in [2.05, 4.69) is 29.1 Å². The van der Waals surface area contributed by atoms with E-state index in [0.29, 0.717) is 29.9 Å². The topological polar surface area (TPSA) is 90.6 Å². The lowest BCUT2D eigenvalue weighted by atomic mass is 9.75. The molecule has 4 aromatic rings. The van der Waals surface area contributed by atoms with Gasteiger partial charge in [0.25, 0.3) is 5.91 Å². The number of carbonyl (C=O) groups excluding carboxylic acids is 2. The smallest absolute Gasteiger partial charge is 0.268 e. The van der Waals surface area contributed by atoms with Gasteiger partial charge < -0.3 is 15.3 Å². The van der Waals surface area contributed by atoms with Crippen molar-refractivity contribution in [2.45, 2.75) is 46.1 Å². The van der Waals surface area contributed by atoms with Gasteiger partial charge in [0.1, 0.15) is 11.5 Å². The molecule has 2 aromatic carbocycles. The average Bonchev–Trinajstić information content (AvgIpc) is 3.34. The van der Waals surface area contributed by atoms with Gasteiger partial charge >= 0.3 is 0 Å². The van der Waals surface area contributed by atoms with E-state index in [0.717, 1.165) is 34.3 Å². The second-order valence-corrected chi connectivity index (χ2v) is 9.77. The molecule has 6 heteroatoms. The molecule has 0 bridgehead atoms. The van der Waals surface area contributed by atoms with Crippen LogP contribution in [0.2, 0.25) is 0 Å². The fourth-order valence-electron chi connectivity index (χ4n) is 4.89. The van der Waals surface area contributed by atoms with Crippen LogP contribution in [-0.4, -0.2) is 26.6 Å². The van der Waals surface area contributed by atoms with Gasteiger partial charge in [0.2, 0.25) is 0 Å². The highest BCUT2D eigenvalue weighted by Crippen LogP contribution is 2.36. The third kappa shape index (κ3) is 4.09. The van der Waals surface area contributed by atoms with E-state index in [9.17, 15) is 9.59 Å². The number of hydrogen-bond donors (Lipinski definition) is 3. The van der Waals surface area contributed by atoms with Gasteiger partial charge in [-0.2, -0.15) is 0 Å². The summed E-state index contributed by atoms with van der Waals surface area (Å²) in [5.41, 5.74) is 5.51. The molecule has 6 nitrogen and oxygen atoms in total. The molecule has 1 atom stereocenters. The van der Waals surface area contributed by atoms with Crippen molar-refractivity contribution >= 4 is 22.7 Å². The molecule has 1 amide bonds. The minimum absolute atomic E-state index is 0.104. The number of imidazole rings is 1. The Morgan fingerprint density at radius 1 is 1.06 bits per heavy atom. The summed E-state index contributed by atoms with van der Waals surface area (Å²) in [6, 6.07) is 17.5. The van der Waals surface area contributed by atoms with Crippen LogP contribution in [0.1, 0.15) is 69.8 Å². The molecule has 168 valence electrons. The zero-order valence-electron chi connectivity index (χ0n) is 19.2. The van der Waals surface area contributed by atoms with E-state index >= 15 is 0 Å². The number of rotatable bonds is 5. The maximum Gasteiger partial charge on any atom is 0.268 e. The molecule has 1 aliphatic rings. The van der Waals surface area contributed by atoms with E-state index in [-0.39, 0.29) is 23.1 Å². The lowest BCUT2D eigenvalue weighted by Crippen LogP contribution is -2.31. The summed E-state index contributed by atoms with van der Waals surface area (Å²) in [6.07, 6.45) is 1.84. The summed E-state index contributed by atoms with van der Waals surface area (Å²) in [7, 11) is 0. The van der Waals surface area contributed by atoms with Crippen molar-refractivity contribution in [2.75, 3.05) is 0 Å². The van der Waals surface area contributed by atoms with Crippen LogP contribution >= 0.6 is 0 Å². The number of fused-ring (bicyclic) bond motifs is 2. The van der Waals surface area contributed by atoms with Crippen LogP contribution in [0.4, 0.5) is 0 Å². The number of ketones is 1. The normalized spacial score (nSPS) is 15.9. The van der Waals surface area contributed by atoms with E-state index in [1.54, 1.807) is 0 Å². The number of hydrogen-bond acceptors (Lipinski definition) is 3. The predicted molar refractivity (Wildman–Crippen MR) is 128 cm³/mol. The molecule has 2 aromatic heterocycles. The van der Waals surface area contributed by atoms with Crippen molar-refractivity contribution in [3.05, 3.63) is 88.5 Å². The van der Waals surface area contributed by atoms with Crippen LogP contribution in [0.3, 0.4) is 0 Å². The SMILES string of the molecule is Cc1c(C(=O)NC(Cc2ccccc2)c2nc3ccccc3[nH]2)[nH]c2c1C(=O)CC(C)(C)C2. The van der Waals surface area contributed by atoms with E-state index in [1.165, 1.54) is 0 Å². The number of benzene rings is 2. The number of nitrogens with zero attached hydrogens (tertiary/aromatic N) is 1. The van der Waals surface area contributed by atoms with Crippen LogP contribution in [0, 0.1) is 12.3 Å². The quantitative estimate of drug-likeness (QED) is 0.405. The second-order valence-electron chi connectivity index (χ2n) is 9.77. The van der Waals surface area contributed by atoms with Crippen LogP contribution in [0.25, 0.3) is 11.0 Å². The molecule has 0 spiro atoms. The first-order valence-electron chi connectivity index (χ1n) is 11.3. The summed E-state index contributed by atoms with van der Waals surface area (Å²) < 4.78 is 0. The molecule has 2 heterocycles. The zero-order valence-corrected chi connectivity index (χ0v) is 19.2. The first-order valence-corrected chi connectivity index (χ1v) is 11.3. The Balaban J connectivity index is 1.48. The van der Waals surface area contributed by atoms with Crippen molar-refractivity contribution in [1.82, 2.24) is 20.3 Å². The van der Waals surface area contributed by atoms with Crippen molar-refractivity contribution in [1.29, 1.82) is 0 Å². The van der Waals surface area contributed by atoms with Gasteiger partial charge in [-0.15, -0.1) is 0 Å². The van der Waals surface area contributed by atoms with Crippen LogP contribution in [0.15, 0.2) is 54.6 Å². The maximum atomic E-state index is 13.4. The minimum atomic E-state index is -0.348. The van der Waals surface area contributed by atoms with Crippen molar-refractivity contribution < 1.29 is 9.59 Å². The number of amides is 1. The maximum absolute atomic E-state index is 13.4. The molecule has 0 saturated heterocycles. The standard InChI is InChI=1S/C27H28N4O2/c1-16-23-21(14-27(2,3)15-22(23)32)28-24(16)26(33)31-20(13-17-9-5-4-6-10-17)25-29-18-11-7-8-12-19(18)30-25/h4-12,20,28H,13-15H2,1-3H3,(H,29,30)(H,31,33). The highest BCUT2D eigenvalue weighted by atomic mass is 16.2. The highest BCUT2D eigenvalue weighted by Gasteiger charge is 2.35. The van der Waals surface area contributed by atoms with Gasteiger partial charge in [0, 0.05) is 17.7 Å². The first-order chi connectivity index (χ1) is 15.8. The predicted octanol–water partition coefficient (Wildman–Crippen LogP) is 5.07. The Bertz CT molecular complexity index is 1310. The van der Waals surface area contributed by atoms with E-state index in [4.69, 9.17) is 4.98 Å². The number of aromatic nitrogens is 3. The second kappa shape index (κ2) is 8.03.